The Morgan fingerprint density at radius 3 is 2.26 bits per heavy atom. The van der Waals surface area contributed by atoms with Crippen LogP contribution in [-0.4, -0.2) is 16.9 Å². The van der Waals surface area contributed by atoms with Crippen LogP contribution in [0.5, 0.6) is 0 Å². The van der Waals surface area contributed by atoms with Gasteiger partial charge in [-0.15, -0.1) is 0 Å². The molecule has 1 saturated carbocycles. The highest BCUT2D eigenvalue weighted by atomic mass is 16.1. The zero-order valence-electron chi connectivity index (χ0n) is 13.2. The van der Waals surface area contributed by atoms with Crippen molar-refractivity contribution in [2.75, 3.05) is 5.32 Å². The Morgan fingerprint density at radius 2 is 1.61 bits per heavy atom. The van der Waals surface area contributed by atoms with Gasteiger partial charge in [-0.3, -0.25) is 9.78 Å². The standard InChI is InChI=1S/C19H23N3O/c20-17-5-3-16(4-6-17)19(23)22-18-7-1-14(2-8-18)13-15-9-11-21-12-10-15/h1-2,7-12,16-17H,3-6,13,20H2,(H,22,23). The summed E-state index contributed by atoms with van der Waals surface area (Å²) in [7, 11) is 0. The average Bonchev–Trinajstić information content (AvgIpc) is 2.58. The lowest BCUT2D eigenvalue weighted by Gasteiger charge is -2.25. The molecule has 1 heterocycles. The number of aromatic nitrogens is 1. The van der Waals surface area contributed by atoms with Crippen LogP contribution in [-0.2, 0) is 11.2 Å². The molecule has 1 amide bonds. The fourth-order valence-electron chi connectivity index (χ4n) is 3.07. The number of carbonyl (C=O) groups excluding carboxylic acids is 1. The van der Waals surface area contributed by atoms with Crippen molar-refractivity contribution in [3.8, 4) is 0 Å². The summed E-state index contributed by atoms with van der Waals surface area (Å²) in [5.41, 5.74) is 9.21. The predicted octanol–water partition coefficient (Wildman–Crippen LogP) is 3.13. The van der Waals surface area contributed by atoms with Crippen molar-refractivity contribution in [1.82, 2.24) is 4.98 Å². The summed E-state index contributed by atoms with van der Waals surface area (Å²) >= 11 is 0. The number of nitrogens with one attached hydrogen (secondary N) is 1. The maximum atomic E-state index is 12.3. The van der Waals surface area contributed by atoms with Crippen molar-refractivity contribution < 1.29 is 4.79 Å². The minimum atomic E-state index is 0.103. The number of hydrogen-bond donors (Lipinski definition) is 2. The lowest BCUT2D eigenvalue weighted by molar-refractivity contribution is -0.120. The molecular weight excluding hydrogens is 286 g/mol. The first-order valence-corrected chi connectivity index (χ1v) is 8.25. The summed E-state index contributed by atoms with van der Waals surface area (Å²) in [4.78, 5) is 16.3. The van der Waals surface area contributed by atoms with Crippen molar-refractivity contribution >= 4 is 11.6 Å². The minimum absolute atomic E-state index is 0.103. The molecule has 4 heteroatoms. The molecule has 1 aliphatic carbocycles. The zero-order chi connectivity index (χ0) is 16.1. The summed E-state index contributed by atoms with van der Waals surface area (Å²) < 4.78 is 0. The van der Waals surface area contributed by atoms with Gasteiger partial charge >= 0.3 is 0 Å². The maximum absolute atomic E-state index is 12.3. The molecule has 3 N–H and O–H groups in total. The van der Waals surface area contributed by atoms with Crippen molar-refractivity contribution in [3.05, 3.63) is 59.9 Å². The largest absolute Gasteiger partial charge is 0.328 e. The number of hydrogen-bond acceptors (Lipinski definition) is 3. The maximum Gasteiger partial charge on any atom is 0.227 e. The minimum Gasteiger partial charge on any atom is -0.328 e. The molecule has 1 fully saturated rings. The number of pyridine rings is 1. The first-order chi connectivity index (χ1) is 11.2. The molecule has 0 aliphatic heterocycles. The van der Waals surface area contributed by atoms with E-state index in [1.54, 1.807) is 12.4 Å². The van der Waals surface area contributed by atoms with Crippen LogP contribution in [0.4, 0.5) is 5.69 Å². The van der Waals surface area contributed by atoms with E-state index >= 15 is 0 Å². The SMILES string of the molecule is NC1CCC(C(=O)Nc2ccc(Cc3ccncc3)cc2)CC1. The van der Waals surface area contributed by atoms with Gasteiger partial charge in [0.05, 0.1) is 0 Å². The van der Waals surface area contributed by atoms with Crippen molar-refractivity contribution in [2.24, 2.45) is 11.7 Å². The van der Waals surface area contributed by atoms with Gasteiger partial charge < -0.3 is 11.1 Å². The Bertz CT molecular complexity index is 631. The van der Waals surface area contributed by atoms with E-state index in [-0.39, 0.29) is 17.9 Å². The highest BCUT2D eigenvalue weighted by Crippen LogP contribution is 2.24. The quantitative estimate of drug-likeness (QED) is 0.911. The van der Waals surface area contributed by atoms with Crippen LogP contribution in [0, 0.1) is 5.92 Å². The van der Waals surface area contributed by atoms with E-state index in [1.165, 1.54) is 11.1 Å². The van der Waals surface area contributed by atoms with Gasteiger partial charge in [0.1, 0.15) is 0 Å². The number of rotatable bonds is 4. The average molecular weight is 309 g/mol. The highest BCUT2D eigenvalue weighted by Gasteiger charge is 2.24. The zero-order valence-corrected chi connectivity index (χ0v) is 13.2. The Labute approximate surface area is 137 Å². The molecule has 0 radical (unpaired) electrons. The van der Waals surface area contributed by atoms with Crippen molar-refractivity contribution in [3.63, 3.8) is 0 Å². The normalized spacial score (nSPS) is 20.9. The lowest BCUT2D eigenvalue weighted by atomic mass is 9.86. The molecule has 0 bridgehead atoms. The fourth-order valence-corrected chi connectivity index (χ4v) is 3.07. The summed E-state index contributed by atoms with van der Waals surface area (Å²) in [6.07, 6.45) is 8.17. The van der Waals surface area contributed by atoms with E-state index in [1.807, 2.05) is 24.3 Å². The van der Waals surface area contributed by atoms with E-state index in [2.05, 4.69) is 22.4 Å². The molecule has 0 spiro atoms. The van der Waals surface area contributed by atoms with Gasteiger partial charge in [-0.25, -0.2) is 0 Å². The molecule has 4 nitrogen and oxygen atoms in total. The van der Waals surface area contributed by atoms with Crippen LogP contribution in [0.1, 0.15) is 36.8 Å². The lowest BCUT2D eigenvalue weighted by Crippen LogP contribution is -2.32. The molecule has 120 valence electrons. The van der Waals surface area contributed by atoms with E-state index in [9.17, 15) is 4.79 Å². The molecular formula is C19H23N3O. The second-order valence-electron chi connectivity index (χ2n) is 6.33. The monoisotopic (exact) mass is 309 g/mol. The predicted molar refractivity (Wildman–Crippen MR) is 92.0 cm³/mol. The van der Waals surface area contributed by atoms with Gasteiger partial charge in [0.25, 0.3) is 0 Å². The Morgan fingerprint density at radius 1 is 1.00 bits per heavy atom. The van der Waals surface area contributed by atoms with E-state index in [0.717, 1.165) is 37.8 Å². The Hall–Kier alpha value is -2.20. The van der Waals surface area contributed by atoms with Crippen LogP contribution < -0.4 is 11.1 Å². The molecule has 1 aromatic carbocycles. The van der Waals surface area contributed by atoms with Gasteiger partial charge in [-0.1, -0.05) is 12.1 Å². The number of nitrogens with two attached hydrogens (primary N) is 1. The molecule has 23 heavy (non-hydrogen) atoms. The van der Waals surface area contributed by atoms with Crippen molar-refractivity contribution in [2.45, 2.75) is 38.1 Å². The molecule has 1 aliphatic rings. The third-order valence-electron chi connectivity index (χ3n) is 4.52. The third-order valence-corrected chi connectivity index (χ3v) is 4.52. The Balaban J connectivity index is 1.56. The third kappa shape index (κ3) is 4.39. The van der Waals surface area contributed by atoms with E-state index in [0.29, 0.717) is 0 Å². The van der Waals surface area contributed by atoms with Crippen molar-refractivity contribution in [1.29, 1.82) is 0 Å². The van der Waals surface area contributed by atoms with Gasteiger partial charge in [0, 0.05) is 30.0 Å². The topological polar surface area (TPSA) is 68.0 Å². The van der Waals surface area contributed by atoms with Crippen LogP contribution in [0.25, 0.3) is 0 Å². The number of amides is 1. The summed E-state index contributed by atoms with van der Waals surface area (Å²) in [5.74, 6) is 0.227. The van der Waals surface area contributed by atoms with Crippen LogP contribution in [0.15, 0.2) is 48.8 Å². The van der Waals surface area contributed by atoms with Gasteiger partial charge in [0.15, 0.2) is 0 Å². The summed E-state index contributed by atoms with van der Waals surface area (Å²) in [6, 6.07) is 12.4. The Kier molecular flexibility index (Phi) is 5.03. The number of benzene rings is 1. The summed E-state index contributed by atoms with van der Waals surface area (Å²) in [5, 5.41) is 3.03. The molecule has 0 saturated heterocycles. The molecule has 1 aromatic heterocycles. The molecule has 3 rings (SSSR count). The number of nitrogens with zero attached hydrogens (tertiary/aromatic N) is 1. The second kappa shape index (κ2) is 7.38. The van der Waals surface area contributed by atoms with Gasteiger partial charge in [-0.2, -0.15) is 0 Å². The van der Waals surface area contributed by atoms with E-state index in [4.69, 9.17) is 5.73 Å². The highest BCUT2D eigenvalue weighted by molar-refractivity contribution is 5.92. The first-order valence-electron chi connectivity index (χ1n) is 8.25. The molecule has 0 atom stereocenters. The second-order valence-corrected chi connectivity index (χ2v) is 6.33. The summed E-state index contributed by atoms with van der Waals surface area (Å²) in [6.45, 7) is 0. The number of carbonyl (C=O) groups is 1. The van der Waals surface area contributed by atoms with Crippen LogP contribution in [0.3, 0.4) is 0 Å². The van der Waals surface area contributed by atoms with E-state index < -0.39 is 0 Å². The number of anilines is 1. The first kappa shape index (κ1) is 15.7. The van der Waals surface area contributed by atoms with Gasteiger partial charge in [-0.05, 0) is 67.5 Å². The van der Waals surface area contributed by atoms with Gasteiger partial charge in [0.2, 0.25) is 5.91 Å². The fraction of sp³-hybridized carbons (Fsp3) is 0.368. The van der Waals surface area contributed by atoms with Crippen LogP contribution in [0.2, 0.25) is 0 Å². The molecule has 2 aromatic rings. The smallest absolute Gasteiger partial charge is 0.227 e. The van der Waals surface area contributed by atoms with Crippen LogP contribution >= 0.6 is 0 Å². The molecule has 0 unspecified atom stereocenters.